The van der Waals surface area contributed by atoms with Gasteiger partial charge in [-0.1, -0.05) is 26.0 Å². The van der Waals surface area contributed by atoms with Crippen molar-refractivity contribution in [1.82, 2.24) is 0 Å². The van der Waals surface area contributed by atoms with Crippen LogP contribution in [0.15, 0.2) is 24.3 Å². The maximum atomic E-state index is 8.90. The van der Waals surface area contributed by atoms with Gasteiger partial charge in [0.25, 0.3) is 0 Å². The molecule has 0 heterocycles. The van der Waals surface area contributed by atoms with E-state index >= 15 is 0 Å². The van der Waals surface area contributed by atoms with Crippen LogP contribution >= 0.6 is 0 Å². The van der Waals surface area contributed by atoms with E-state index in [0.717, 1.165) is 31.6 Å². The van der Waals surface area contributed by atoms with E-state index in [2.05, 4.69) is 23.7 Å². The van der Waals surface area contributed by atoms with Gasteiger partial charge in [-0.2, -0.15) is 0 Å². The Bertz CT molecular complexity index is 335. The number of diazo groups is 1. The van der Waals surface area contributed by atoms with E-state index in [0.29, 0.717) is 5.69 Å². The highest BCUT2D eigenvalue weighted by Crippen LogP contribution is 2.28. The molecule has 0 amide bonds. The first-order valence-corrected chi connectivity index (χ1v) is 5.52. The maximum Gasteiger partial charge on any atom is 0.408 e. The average molecular weight is 204 g/mol. The van der Waals surface area contributed by atoms with Gasteiger partial charge in [0.15, 0.2) is 4.98 Å². The van der Waals surface area contributed by atoms with Gasteiger partial charge in [-0.3, -0.25) is 0 Å². The standard InChI is InChI=1S/C12H18N3/c1-3-9-15(10-4-2)12-8-6-5-7-11(12)14-13/h5-8H,3-4,9-10H2,1-2H3/q+1. The predicted octanol–water partition coefficient (Wildman–Crippen LogP) is 3.80. The van der Waals surface area contributed by atoms with Crippen molar-refractivity contribution in [3.05, 3.63) is 29.2 Å². The molecule has 80 valence electrons. The molecular weight excluding hydrogens is 186 g/mol. The summed E-state index contributed by atoms with van der Waals surface area (Å²) >= 11 is 0. The lowest BCUT2D eigenvalue weighted by molar-refractivity contribution is 0.746. The van der Waals surface area contributed by atoms with Gasteiger partial charge in [0, 0.05) is 19.2 Å². The molecule has 0 atom stereocenters. The molecule has 0 spiro atoms. The quantitative estimate of drug-likeness (QED) is 0.683. The molecule has 0 N–H and O–H groups in total. The van der Waals surface area contributed by atoms with Crippen LogP contribution < -0.4 is 4.90 Å². The van der Waals surface area contributed by atoms with Gasteiger partial charge in [0.1, 0.15) is 5.69 Å². The van der Waals surface area contributed by atoms with Gasteiger partial charge < -0.3 is 4.90 Å². The van der Waals surface area contributed by atoms with Crippen molar-refractivity contribution in [2.24, 2.45) is 0 Å². The zero-order chi connectivity index (χ0) is 11.1. The third-order valence-electron chi connectivity index (χ3n) is 2.32. The van der Waals surface area contributed by atoms with E-state index < -0.39 is 0 Å². The number of rotatable bonds is 5. The zero-order valence-corrected chi connectivity index (χ0v) is 9.48. The molecule has 0 aromatic heterocycles. The minimum atomic E-state index is 0.652. The van der Waals surface area contributed by atoms with Gasteiger partial charge in [0.05, 0.1) is 0 Å². The van der Waals surface area contributed by atoms with E-state index in [1.54, 1.807) is 0 Å². The second-order valence-electron chi connectivity index (χ2n) is 3.58. The van der Waals surface area contributed by atoms with Crippen LogP contribution in [-0.4, -0.2) is 13.1 Å². The summed E-state index contributed by atoms with van der Waals surface area (Å²) in [6.07, 6.45) is 2.19. The second kappa shape index (κ2) is 6.02. The number of anilines is 1. The lowest BCUT2D eigenvalue weighted by atomic mass is 10.2. The Morgan fingerprint density at radius 1 is 1.13 bits per heavy atom. The smallest absolute Gasteiger partial charge is 0.365 e. The lowest BCUT2D eigenvalue weighted by Gasteiger charge is -2.21. The highest BCUT2D eigenvalue weighted by atomic mass is 15.1. The van der Waals surface area contributed by atoms with E-state index in [1.165, 1.54) is 0 Å². The van der Waals surface area contributed by atoms with Gasteiger partial charge in [-0.25, -0.2) is 0 Å². The molecule has 3 heteroatoms. The summed E-state index contributed by atoms with van der Waals surface area (Å²) in [7, 11) is 0. The first kappa shape index (κ1) is 11.5. The molecule has 1 rings (SSSR count). The van der Waals surface area contributed by atoms with Crippen molar-refractivity contribution in [3.8, 4) is 0 Å². The Labute approximate surface area is 91.3 Å². The highest BCUT2D eigenvalue weighted by Gasteiger charge is 2.17. The number of para-hydroxylation sites is 1. The molecule has 0 aliphatic rings. The summed E-state index contributed by atoms with van der Waals surface area (Å²) in [5, 5.41) is 8.90. The second-order valence-corrected chi connectivity index (χ2v) is 3.58. The normalized spacial score (nSPS) is 9.67. The Kier molecular flexibility index (Phi) is 4.62. The van der Waals surface area contributed by atoms with E-state index in [9.17, 15) is 0 Å². The average Bonchev–Trinajstić information content (AvgIpc) is 2.29. The van der Waals surface area contributed by atoms with Crippen LogP contribution in [0.5, 0.6) is 0 Å². The van der Waals surface area contributed by atoms with Crippen LogP contribution in [0, 0.1) is 5.39 Å². The van der Waals surface area contributed by atoms with Crippen LogP contribution in [0.4, 0.5) is 11.4 Å². The molecule has 0 radical (unpaired) electrons. The van der Waals surface area contributed by atoms with E-state index in [1.807, 2.05) is 24.3 Å². The van der Waals surface area contributed by atoms with Crippen LogP contribution in [-0.2, 0) is 0 Å². The number of hydrogen-bond donors (Lipinski definition) is 0. The molecule has 0 bridgehead atoms. The van der Waals surface area contributed by atoms with Gasteiger partial charge in [-0.05, 0) is 18.9 Å². The van der Waals surface area contributed by atoms with Crippen LogP contribution in [0.3, 0.4) is 0 Å². The fraction of sp³-hybridized carbons (Fsp3) is 0.500. The van der Waals surface area contributed by atoms with Crippen LogP contribution in [0.2, 0.25) is 0 Å². The minimum absolute atomic E-state index is 0.652. The minimum Gasteiger partial charge on any atom is -0.365 e. The van der Waals surface area contributed by atoms with Crippen molar-refractivity contribution in [3.63, 3.8) is 0 Å². The molecular formula is C12H18N3+. The lowest BCUT2D eigenvalue weighted by Crippen LogP contribution is -2.24. The molecule has 3 nitrogen and oxygen atoms in total. The summed E-state index contributed by atoms with van der Waals surface area (Å²) in [5.41, 5.74) is 1.67. The van der Waals surface area contributed by atoms with Crippen LogP contribution in [0.1, 0.15) is 26.7 Å². The summed E-state index contributed by atoms with van der Waals surface area (Å²) in [4.78, 5) is 5.57. The summed E-state index contributed by atoms with van der Waals surface area (Å²) < 4.78 is 0. The van der Waals surface area contributed by atoms with Gasteiger partial charge in [-0.15, -0.1) is 0 Å². The highest BCUT2D eigenvalue weighted by molar-refractivity contribution is 5.70. The van der Waals surface area contributed by atoms with Crippen molar-refractivity contribution in [1.29, 1.82) is 5.39 Å². The molecule has 1 aromatic carbocycles. The molecule has 0 saturated carbocycles. The first-order valence-electron chi connectivity index (χ1n) is 5.52. The van der Waals surface area contributed by atoms with Gasteiger partial charge >= 0.3 is 5.69 Å². The molecule has 15 heavy (non-hydrogen) atoms. The third-order valence-corrected chi connectivity index (χ3v) is 2.32. The SMILES string of the molecule is CCCN(CCC)c1ccccc1[N+]#N. The van der Waals surface area contributed by atoms with Gasteiger partial charge in [0.2, 0.25) is 5.39 Å². The van der Waals surface area contributed by atoms with Crippen LogP contribution in [0.25, 0.3) is 4.98 Å². The molecule has 1 aromatic rings. The Hall–Kier alpha value is -1.56. The van der Waals surface area contributed by atoms with Crippen molar-refractivity contribution >= 4 is 11.4 Å². The zero-order valence-electron chi connectivity index (χ0n) is 9.48. The fourth-order valence-corrected chi connectivity index (χ4v) is 1.71. The molecule has 0 aliphatic heterocycles. The Morgan fingerprint density at radius 2 is 1.73 bits per heavy atom. The summed E-state index contributed by atoms with van der Waals surface area (Å²) in [6.45, 7) is 6.31. The van der Waals surface area contributed by atoms with E-state index in [-0.39, 0.29) is 0 Å². The largest absolute Gasteiger partial charge is 0.408 e. The first-order chi connectivity index (χ1) is 7.33. The molecule has 0 aliphatic carbocycles. The molecule has 0 fully saturated rings. The third kappa shape index (κ3) is 2.95. The summed E-state index contributed by atoms with van der Waals surface area (Å²) in [5.74, 6) is 0. The monoisotopic (exact) mass is 204 g/mol. The number of nitrogens with zero attached hydrogens (tertiary/aromatic N) is 3. The summed E-state index contributed by atoms with van der Waals surface area (Å²) in [6, 6.07) is 7.69. The molecule has 0 unspecified atom stereocenters. The van der Waals surface area contributed by atoms with Crippen molar-refractivity contribution in [2.45, 2.75) is 26.7 Å². The predicted molar refractivity (Wildman–Crippen MR) is 64.0 cm³/mol. The van der Waals surface area contributed by atoms with Crippen molar-refractivity contribution < 1.29 is 0 Å². The fourth-order valence-electron chi connectivity index (χ4n) is 1.71. The Morgan fingerprint density at radius 3 is 2.27 bits per heavy atom. The van der Waals surface area contributed by atoms with Crippen molar-refractivity contribution in [2.75, 3.05) is 18.0 Å². The maximum absolute atomic E-state index is 8.90. The Balaban J connectivity index is 2.94. The number of hydrogen-bond acceptors (Lipinski definition) is 2. The molecule has 0 saturated heterocycles. The van der Waals surface area contributed by atoms with E-state index in [4.69, 9.17) is 5.39 Å². The topological polar surface area (TPSA) is 31.4 Å². The number of benzene rings is 1.